The maximum absolute atomic E-state index is 12.0. The number of methoxy groups -OCH3 is 1. The van der Waals surface area contributed by atoms with Crippen LogP contribution in [0.5, 0.6) is 0 Å². The van der Waals surface area contributed by atoms with Gasteiger partial charge in [-0.1, -0.05) is 12.1 Å². The molecule has 0 saturated carbocycles. The van der Waals surface area contributed by atoms with Crippen molar-refractivity contribution in [2.45, 2.75) is 6.92 Å². The second-order valence-corrected chi connectivity index (χ2v) is 5.85. The molecule has 0 atom stereocenters. The van der Waals surface area contributed by atoms with E-state index in [1.165, 1.54) is 7.11 Å². The monoisotopic (exact) mass is 369 g/mol. The van der Waals surface area contributed by atoms with Crippen LogP contribution < -0.4 is 0 Å². The number of fused-ring (bicyclic) bond motifs is 1. The zero-order valence-corrected chi connectivity index (χ0v) is 14.1. The fraction of sp³-hybridized carbons (Fsp3) is 0.111. The van der Waals surface area contributed by atoms with Crippen molar-refractivity contribution < 1.29 is 13.9 Å². The van der Waals surface area contributed by atoms with Crippen LogP contribution in [0, 0.1) is 18.3 Å². The number of nitrogens with zero attached hydrogens (tertiary/aromatic N) is 1. The normalized spacial score (nSPS) is 10.5. The second-order valence-electron chi connectivity index (χ2n) is 5.06. The van der Waals surface area contributed by atoms with Gasteiger partial charge in [0, 0.05) is 10.9 Å². The fourth-order valence-electron chi connectivity index (χ4n) is 2.50. The van der Waals surface area contributed by atoms with Crippen molar-refractivity contribution in [1.29, 1.82) is 5.26 Å². The number of carbonyl (C=O) groups excluding carboxylic acids is 1. The average molecular weight is 370 g/mol. The molecule has 0 amide bonds. The molecule has 0 N–H and O–H groups in total. The number of nitriles is 1. The molecule has 3 rings (SSSR count). The SMILES string of the molecule is COC(=O)c1cc(-c2cccc(C#N)c2)c2oc(C)c(Br)c2c1. The molecule has 0 unspecified atom stereocenters. The van der Waals surface area contributed by atoms with E-state index in [2.05, 4.69) is 22.0 Å². The minimum Gasteiger partial charge on any atom is -0.465 e. The zero-order chi connectivity index (χ0) is 16.6. The standard InChI is InChI=1S/C18H12BrNO3/c1-10-16(19)15-8-13(18(21)22-2)7-14(17(15)23-10)12-5-3-4-11(6-12)9-20/h3-8H,1-2H3. The van der Waals surface area contributed by atoms with Crippen LogP contribution in [0.3, 0.4) is 0 Å². The van der Waals surface area contributed by atoms with Gasteiger partial charge in [-0.2, -0.15) is 5.26 Å². The van der Waals surface area contributed by atoms with Crippen molar-refractivity contribution in [3.8, 4) is 17.2 Å². The Morgan fingerprint density at radius 1 is 1.30 bits per heavy atom. The Hall–Kier alpha value is -2.58. The molecule has 0 bridgehead atoms. The predicted molar refractivity (Wildman–Crippen MR) is 90.1 cm³/mol. The van der Waals surface area contributed by atoms with Crippen LogP contribution in [0.15, 0.2) is 45.3 Å². The summed E-state index contributed by atoms with van der Waals surface area (Å²) in [5, 5.41) is 9.89. The van der Waals surface area contributed by atoms with Crippen LogP contribution in [0.25, 0.3) is 22.1 Å². The van der Waals surface area contributed by atoms with Crippen LogP contribution in [0.2, 0.25) is 0 Å². The predicted octanol–water partition coefficient (Wildman–Crippen LogP) is 4.83. The van der Waals surface area contributed by atoms with E-state index in [4.69, 9.17) is 14.4 Å². The summed E-state index contributed by atoms with van der Waals surface area (Å²) in [5.74, 6) is 0.301. The number of esters is 1. The molecule has 2 aromatic carbocycles. The van der Waals surface area contributed by atoms with E-state index in [1.807, 2.05) is 13.0 Å². The molecular weight excluding hydrogens is 358 g/mol. The first-order valence-electron chi connectivity index (χ1n) is 6.86. The largest absolute Gasteiger partial charge is 0.465 e. The van der Waals surface area contributed by atoms with Crippen molar-refractivity contribution in [3.63, 3.8) is 0 Å². The number of hydrogen-bond donors (Lipinski definition) is 0. The Labute approximate surface area is 141 Å². The molecule has 1 aromatic heterocycles. The van der Waals surface area contributed by atoms with Gasteiger partial charge in [0.1, 0.15) is 11.3 Å². The molecule has 5 heteroatoms. The highest BCUT2D eigenvalue weighted by molar-refractivity contribution is 9.10. The molecule has 0 radical (unpaired) electrons. The highest BCUT2D eigenvalue weighted by atomic mass is 79.9. The Morgan fingerprint density at radius 3 is 2.78 bits per heavy atom. The van der Waals surface area contributed by atoms with E-state index in [1.54, 1.807) is 30.3 Å². The third-order valence-electron chi connectivity index (χ3n) is 3.61. The zero-order valence-electron chi connectivity index (χ0n) is 12.5. The van der Waals surface area contributed by atoms with Crippen molar-refractivity contribution in [2.24, 2.45) is 0 Å². The first-order chi connectivity index (χ1) is 11.0. The van der Waals surface area contributed by atoms with Gasteiger partial charge >= 0.3 is 5.97 Å². The summed E-state index contributed by atoms with van der Waals surface area (Å²) in [7, 11) is 1.35. The number of ether oxygens (including phenoxy) is 1. The smallest absolute Gasteiger partial charge is 0.337 e. The number of benzene rings is 2. The highest BCUT2D eigenvalue weighted by Gasteiger charge is 2.18. The van der Waals surface area contributed by atoms with Gasteiger partial charge in [-0.3, -0.25) is 0 Å². The third kappa shape index (κ3) is 2.62. The summed E-state index contributed by atoms with van der Waals surface area (Å²) in [5.41, 5.74) is 3.19. The maximum Gasteiger partial charge on any atom is 0.337 e. The molecule has 23 heavy (non-hydrogen) atoms. The number of aryl methyl sites for hydroxylation is 1. The molecule has 0 aliphatic carbocycles. The summed E-state index contributed by atoms with van der Waals surface area (Å²) in [4.78, 5) is 12.0. The lowest BCUT2D eigenvalue weighted by Gasteiger charge is -2.07. The molecule has 0 aliphatic rings. The van der Waals surface area contributed by atoms with Gasteiger partial charge in [-0.05, 0) is 52.7 Å². The van der Waals surface area contributed by atoms with E-state index in [0.717, 1.165) is 26.7 Å². The minimum atomic E-state index is -0.421. The van der Waals surface area contributed by atoms with E-state index in [0.29, 0.717) is 16.7 Å². The van der Waals surface area contributed by atoms with Crippen molar-refractivity contribution in [1.82, 2.24) is 0 Å². The molecule has 1 heterocycles. The van der Waals surface area contributed by atoms with E-state index in [-0.39, 0.29) is 0 Å². The third-order valence-corrected chi connectivity index (χ3v) is 4.60. The van der Waals surface area contributed by atoms with Crippen molar-refractivity contribution in [3.05, 3.63) is 57.8 Å². The number of furan rings is 1. The molecule has 114 valence electrons. The summed E-state index contributed by atoms with van der Waals surface area (Å²) in [6.45, 7) is 1.84. The van der Waals surface area contributed by atoms with Crippen LogP contribution in [0.1, 0.15) is 21.7 Å². The number of halogens is 1. The lowest BCUT2D eigenvalue weighted by molar-refractivity contribution is 0.0601. The minimum absolute atomic E-state index is 0.421. The molecule has 0 spiro atoms. The summed E-state index contributed by atoms with van der Waals surface area (Å²) in [6, 6.07) is 12.8. The van der Waals surface area contributed by atoms with E-state index in [9.17, 15) is 4.79 Å². The van der Waals surface area contributed by atoms with Crippen LogP contribution in [0.4, 0.5) is 0 Å². The summed E-state index contributed by atoms with van der Waals surface area (Å²) >= 11 is 3.49. The van der Waals surface area contributed by atoms with Gasteiger partial charge in [0.15, 0.2) is 0 Å². The lowest BCUT2D eigenvalue weighted by atomic mass is 9.99. The number of rotatable bonds is 2. The Balaban J connectivity index is 2.35. The molecule has 0 aliphatic heterocycles. The average Bonchev–Trinajstić information content (AvgIpc) is 2.88. The Kier molecular flexibility index (Phi) is 3.93. The molecule has 3 aromatic rings. The van der Waals surface area contributed by atoms with Gasteiger partial charge in [-0.25, -0.2) is 4.79 Å². The second kappa shape index (κ2) is 5.90. The quantitative estimate of drug-likeness (QED) is 0.606. The fourth-order valence-corrected chi connectivity index (χ4v) is 2.87. The van der Waals surface area contributed by atoms with Crippen LogP contribution in [-0.2, 0) is 4.74 Å². The first-order valence-corrected chi connectivity index (χ1v) is 7.66. The van der Waals surface area contributed by atoms with Gasteiger partial charge in [0.2, 0.25) is 0 Å². The van der Waals surface area contributed by atoms with Gasteiger partial charge in [-0.15, -0.1) is 0 Å². The van der Waals surface area contributed by atoms with Gasteiger partial charge in [0.25, 0.3) is 0 Å². The van der Waals surface area contributed by atoms with Crippen molar-refractivity contribution in [2.75, 3.05) is 7.11 Å². The van der Waals surface area contributed by atoms with E-state index < -0.39 is 5.97 Å². The highest BCUT2D eigenvalue weighted by Crippen LogP contribution is 2.38. The molecule has 4 nitrogen and oxygen atoms in total. The topological polar surface area (TPSA) is 63.2 Å². The Morgan fingerprint density at radius 2 is 2.09 bits per heavy atom. The first kappa shape index (κ1) is 15.3. The lowest BCUT2D eigenvalue weighted by Crippen LogP contribution is -2.01. The van der Waals surface area contributed by atoms with Crippen LogP contribution in [-0.4, -0.2) is 13.1 Å². The van der Waals surface area contributed by atoms with Crippen LogP contribution >= 0.6 is 15.9 Å². The molecule has 0 fully saturated rings. The molecule has 0 saturated heterocycles. The maximum atomic E-state index is 12.0. The molecular formula is C18H12BrNO3. The number of carbonyl (C=O) groups is 1. The summed E-state index contributed by atoms with van der Waals surface area (Å²) in [6.07, 6.45) is 0. The summed E-state index contributed by atoms with van der Waals surface area (Å²) < 4.78 is 11.5. The van der Waals surface area contributed by atoms with Gasteiger partial charge in [0.05, 0.1) is 28.8 Å². The van der Waals surface area contributed by atoms with E-state index >= 15 is 0 Å². The Bertz CT molecular complexity index is 966. The van der Waals surface area contributed by atoms with Gasteiger partial charge < -0.3 is 9.15 Å². The number of hydrogen-bond acceptors (Lipinski definition) is 4. The van der Waals surface area contributed by atoms with Crippen molar-refractivity contribution >= 4 is 32.9 Å².